The number of hydrogen-bond donors (Lipinski definition) is 4. The molecule has 0 bridgehead atoms. The van der Waals surface area contributed by atoms with Crippen LogP contribution in [0.1, 0.15) is 29.6 Å². The summed E-state index contributed by atoms with van der Waals surface area (Å²) in [6.07, 6.45) is 3.98. The largest absolute Gasteiger partial charge is 0.394 e. The third-order valence-corrected chi connectivity index (χ3v) is 4.08. The Kier molecular flexibility index (Phi) is 5.14. The van der Waals surface area contributed by atoms with Crippen molar-refractivity contribution in [3.8, 4) is 0 Å². The van der Waals surface area contributed by atoms with E-state index in [1.54, 1.807) is 24.5 Å². The number of aliphatic hydroxyl groups is 1. The average molecular weight is 330 g/mol. The van der Waals surface area contributed by atoms with Crippen LogP contribution in [0.2, 0.25) is 0 Å². The SMILES string of the molecule is O=C(N[C@H](CO)c1cccc(F)c1)C1CC(c2ccncc2)NN1. The normalized spacial score (nSPS) is 21.4. The lowest BCUT2D eigenvalue weighted by molar-refractivity contribution is -0.124. The Hall–Kier alpha value is -2.35. The predicted octanol–water partition coefficient (Wildman–Crippen LogP) is 0.978. The number of hydrogen-bond acceptors (Lipinski definition) is 5. The molecule has 0 spiro atoms. The minimum absolute atomic E-state index is 0.00509. The molecule has 1 amide bonds. The lowest BCUT2D eigenvalue weighted by Crippen LogP contribution is -2.45. The summed E-state index contributed by atoms with van der Waals surface area (Å²) in [5, 5.41) is 12.3. The summed E-state index contributed by atoms with van der Waals surface area (Å²) in [7, 11) is 0. The summed E-state index contributed by atoms with van der Waals surface area (Å²) in [4.78, 5) is 16.4. The molecule has 4 N–H and O–H groups in total. The molecule has 1 aromatic carbocycles. The van der Waals surface area contributed by atoms with Crippen molar-refractivity contribution in [3.05, 3.63) is 65.7 Å². The van der Waals surface area contributed by atoms with E-state index in [-0.39, 0.29) is 18.6 Å². The van der Waals surface area contributed by atoms with Crippen molar-refractivity contribution in [1.82, 2.24) is 21.2 Å². The minimum Gasteiger partial charge on any atom is -0.394 e. The van der Waals surface area contributed by atoms with Gasteiger partial charge in [-0.15, -0.1) is 0 Å². The van der Waals surface area contributed by atoms with Crippen molar-refractivity contribution in [3.63, 3.8) is 0 Å². The van der Waals surface area contributed by atoms with Crippen molar-refractivity contribution in [2.45, 2.75) is 24.5 Å². The maximum Gasteiger partial charge on any atom is 0.239 e. The molecule has 1 saturated heterocycles. The smallest absolute Gasteiger partial charge is 0.239 e. The first-order valence-corrected chi connectivity index (χ1v) is 7.75. The summed E-state index contributed by atoms with van der Waals surface area (Å²) >= 11 is 0. The summed E-state index contributed by atoms with van der Waals surface area (Å²) in [5.41, 5.74) is 7.61. The van der Waals surface area contributed by atoms with Crippen LogP contribution in [0.25, 0.3) is 0 Å². The monoisotopic (exact) mass is 330 g/mol. The van der Waals surface area contributed by atoms with Gasteiger partial charge in [0.1, 0.15) is 11.9 Å². The molecular weight excluding hydrogens is 311 g/mol. The van der Waals surface area contributed by atoms with Crippen molar-refractivity contribution < 1.29 is 14.3 Å². The van der Waals surface area contributed by atoms with Gasteiger partial charge in [-0.3, -0.25) is 9.78 Å². The first kappa shape index (κ1) is 16.5. The Morgan fingerprint density at radius 3 is 2.83 bits per heavy atom. The fourth-order valence-corrected chi connectivity index (χ4v) is 2.77. The van der Waals surface area contributed by atoms with E-state index in [0.717, 1.165) is 5.56 Å². The number of carbonyl (C=O) groups is 1. The van der Waals surface area contributed by atoms with Gasteiger partial charge in [0.25, 0.3) is 0 Å². The molecule has 7 heteroatoms. The molecule has 0 aliphatic carbocycles. The van der Waals surface area contributed by atoms with Gasteiger partial charge in [0.05, 0.1) is 12.6 Å². The third kappa shape index (κ3) is 3.76. The van der Waals surface area contributed by atoms with Crippen LogP contribution in [-0.2, 0) is 4.79 Å². The molecule has 2 unspecified atom stereocenters. The van der Waals surface area contributed by atoms with Crippen LogP contribution in [0.3, 0.4) is 0 Å². The van der Waals surface area contributed by atoms with Gasteiger partial charge in [0, 0.05) is 18.4 Å². The summed E-state index contributed by atoms with van der Waals surface area (Å²) in [6.45, 7) is -0.302. The molecule has 2 heterocycles. The van der Waals surface area contributed by atoms with Gasteiger partial charge in [0.2, 0.25) is 5.91 Å². The lowest BCUT2D eigenvalue weighted by atomic mass is 10.0. The van der Waals surface area contributed by atoms with E-state index in [0.29, 0.717) is 12.0 Å². The zero-order chi connectivity index (χ0) is 16.9. The molecule has 6 nitrogen and oxygen atoms in total. The first-order chi connectivity index (χ1) is 11.7. The summed E-state index contributed by atoms with van der Waals surface area (Å²) in [5.74, 6) is -0.652. The topological polar surface area (TPSA) is 86.3 Å². The highest BCUT2D eigenvalue weighted by Crippen LogP contribution is 2.22. The number of aromatic nitrogens is 1. The number of nitrogens with one attached hydrogen (secondary N) is 3. The van der Waals surface area contributed by atoms with Crippen LogP contribution in [0.5, 0.6) is 0 Å². The van der Waals surface area contributed by atoms with Crippen LogP contribution < -0.4 is 16.2 Å². The van der Waals surface area contributed by atoms with E-state index in [9.17, 15) is 14.3 Å². The van der Waals surface area contributed by atoms with Gasteiger partial charge < -0.3 is 10.4 Å². The highest BCUT2D eigenvalue weighted by Gasteiger charge is 2.31. The molecule has 1 aliphatic heterocycles. The maximum absolute atomic E-state index is 13.3. The Morgan fingerprint density at radius 2 is 2.12 bits per heavy atom. The van der Waals surface area contributed by atoms with Gasteiger partial charge in [0.15, 0.2) is 0 Å². The van der Waals surface area contributed by atoms with Gasteiger partial charge >= 0.3 is 0 Å². The second-order valence-electron chi connectivity index (χ2n) is 5.71. The summed E-state index contributed by atoms with van der Waals surface area (Å²) in [6, 6.07) is 8.55. The molecule has 1 fully saturated rings. The Bertz CT molecular complexity index is 698. The number of halogens is 1. The van der Waals surface area contributed by atoms with Crippen LogP contribution in [0.15, 0.2) is 48.8 Å². The molecule has 0 saturated carbocycles. The number of amides is 1. The number of nitrogens with zero attached hydrogens (tertiary/aromatic N) is 1. The maximum atomic E-state index is 13.3. The minimum atomic E-state index is -0.644. The molecule has 0 radical (unpaired) electrons. The number of rotatable bonds is 5. The molecule has 2 aromatic rings. The average Bonchev–Trinajstić information content (AvgIpc) is 3.10. The Balaban J connectivity index is 1.62. The number of carbonyl (C=O) groups excluding carboxylic acids is 1. The first-order valence-electron chi connectivity index (χ1n) is 7.75. The van der Waals surface area contributed by atoms with Crippen molar-refractivity contribution >= 4 is 5.91 Å². The van der Waals surface area contributed by atoms with Crippen LogP contribution in [0.4, 0.5) is 4.39 Å². The fourth-order valence-electron chi connectivity index (χ4n) is 2.77. The molecule has 126 valence electrons. The third-order valence-electron chi connectivity index (χ3n) is 4.08. The highest BCUT2D eigenvalue weighted by molar-refractivity contribution is 5.82. The van der Waals surface area contributed by atoms with Gasteiger partial charge in [-0.2, -0.15) is 0 Å². The number of benzene rings is 1. The number of aliphatic hydroxyl groups excluding tert-OH is 1. The van der Waals surface area contributed by atoms with E-state index in [2.05, 4.69) is 21.2 Å². The van der Waals surface area contributed by atoms with Gasteiger partial charge in [-0.1, -0.05) is 12.1 Å². The van der Waals surface area contributed by atoms with E-state index >= 15 is 0 Å². The van der Waals surface area contributed by atoms with E-state index < -0.39 is 17.9 Å². The quantitative estimate of drug-likeness (QED) is 0.657. The summed E-state index contributed by atoms with van der Waals surface area (Å²) < 4.78 is 13.3. The molecule has 1 aromatic heterocycles. The van der Waals surface area contributed by atoms with Crippen LogP contribution in [0, 0.1) is 5.82 Å². The second kappa shape index (κ2) is 7.48. The second-order valence-corrected chi connectivity index (χ2v) is 5.71. The highest BCUT2D eigenvalue weighted by atomic mass is 19.1. The van der Waals surface area contributed by atoms with Crippen molar-refractivity contribution in [1.29, 1.82) is 0 Å². The number of pyridine rings is 1. The van der Waals surface area contributed by atoms with Crippen molar-refractivity contribution in [2.24, 2.45) is 0 Å². The zero-order valence-corrected chi connectivity index (χ0v) is 12.9. The van der Waals surface area contributed by atoms with Crippen LogP contribution >= 0.6 is 0 Å². The molecule has 1 aliphatic rings. The van der Waals surface area contributed by atoms with Crippen molar-refractivity contribution in [2.75, 3.05) is 6.61 Å². The molecule has 24 heavy (non-hydrogen) atoms. The fraction of sp³-hybridized carbons (Fsp3) is 0.294. The van der Waals surface area contributed by atoms with E-state index in [1.807, 2.05) is 12.1 Å². The van der Waals surface area contributed by atoms with E-state index in [1.165, 1.54) is 12.1 Å². The zero-order valence-electron chi connectivity index (χ0n) is 12.9. The Labute approximate surface area is 139 Å². The van der Waals surface area contributed by atoms with E-state index in [4.69, 9.17) is 0 Å². The molecule has 3 rings (SSSR count). The molecule has 3 atom stereocenters. The van der Waals surface area contributed by atoms with Crippen LogP contribution in [-0.4, -0.2) is 28.6 Å². The van der Waals surface area contributed by atoms with Gasteiger partial charge in [-0.25, -0.2) is 15.2 Å². The van der Waals surface area contributed by atoms with Gasteiger partial charge in [-0.05, 0) is 41.8 Å². The molecular formula is C17H19FN4O2. The lowest BCUT2D eigenvalue weighted by Gasteiger charge is -2.19. The standard InChI is InChI=1S/C17H19FN4O2/c18-13-3-1-2-12(8-13)16(10-23)20-17(24)15-9-14(21-22-15)11-4-6-19-7-5-11/h1-8,14-16,21-23H,9-10H2,(H,20,24)/t14?,15?,16-/m1/s1. The predicted molar refractivity (Wildman–Crippen MR) is 86.0 cm³/mol. The number of hydrazine groups is 1. The Morgan fingerprint density at radius 1 is 1.33 bits per heavy atom.